The van der Waals surface area contributed by atoms with Crippen LogP contribution >= 0.6 is 11.6 Å². The quantitative estimate of drug-likeness (QED) is 0.324. The molecule has 3 aliphatic rings. The zero-order chi connectivity index (χ0) is 30.0. The summed E-state index contributed by atoms with van der Waals surface area (Å²) in [4.78, 5) is 51.5. The Hall–Kier alpha value is -3.16. The van der Waals surface area contributed by atoms with E-state index in [9.17, 15) is 27.6 Å². The SMILES string of the molecule is CN(Cc1ccc(Cl)cc1)S(=O)(=O)C12CC1C=CCCCCCC(OC(N)=O)C(=O)N1CCCC1(C(N)=O)C(=O)N2. The molecule has 0 spiro atoms. The predicted octanol–water partition coefficient (Wildman–Crippen LogP) is 1.76. The van der Waals surface area contributed by atoms with Gasteiger partial charge in [-0.05, 0) is 62.6 Å². The van der Waals surface area contributed by atoms with E-state index in [-0.39, 0.29) is 38.8 Å². The molecule has 0 bridgehead atoms. The van der Waals surface area contributed by atoms with Gasteiger partial charge in [0.2, 0.25) is 15.6 Å². The largest absolute Gasteiger partial charge is 0.436 e. The fourth-order valence-corrected chi connectivity index (χ4v) is 7.87. The first-order chi connectivity index (χ1) is 19.3. The molecule has 1 saturated carbocycles. The van der Waals surface area contributed by atoms with Crippen molar-refractivity contribution < 1.29 is 32.3 Å². The van der Waals surface area contributed by atoms with E-state index in [1.165, 1.54) is 7.05 Å². The fourth-order valence-electron chi connectivity index (χ4n) is 5.80. The summed E-state index contributed by atoms with van der Waals surface area (Å²) in [7, 11) is -2.77. The number of hydrogen-bond donors (Lipinski definition) is 3. The van der Waals surface area contributed by atoms with Crippen molar-refractivity contribution in [2.24, 2.45) is 17.4 Å². The summed E-state index contributed by atoms with van der Waals surface area (Å²) in [6.07, 6.45) is 4.18. The number of nitrogens with one attached hydrogen (secondary N) is 1. The Morgan fingerprint density at radius 3 is 2.51 bits per heavy atom. The van der Waals surface area contributed by atoms with Gasteiger partial charge in [0.25, 0.3) is 17.7 Å². The van der Waals surface area contributed by atoms with Crippen LogP contribution in [-0.4, -0.2) is 71.5 Å². The minimum atomic E-state index is -4.19. The van der Waals surface area contributed by atoms with Crippen molar-refractivity contribution in [3.63, 3.8) is 0 Å². The summed E-state index contributed by atoms with van der Waals surface area (Å²) in [6.45, 7) is 0.0125. The maximum Gasteiger partial charge on any atom is 0.405 e. The van der Waals surface area contributed by atoms with E-state index in [1.54, 1.807) is 30.3 Å². The van der Waals surface area contributed by atoms with Gasteiger partial charge in [-0.3, -0.25) is 14.4 Å². The third kappa shape index (κ3) is 5.93. The van der Waals surface area contributed by atoms with Gasteiger partial charge in [-0.25, -0.2) is 13.2 Å². The van der Waals surface area contributed by atoms with Crippen LogP contribution in [-0.2, 0) is 35.7 Å². The number of sulfonamides is 1. The summed E-state index contributed by atoms with van der Waals surface area (Å²) >= 11 is 5.97. The van der Waals surface area contributed by atoms with Gasteiger partial charge >= 0.3 is 6.09 Å². The van der Waals surface area contributed by atoms with Gasteiger partial charge in [0.15, 0.2) is 11.0 Å². The molecule has 0 radical (unpaired) electrons. The van der Waals surface area contributed by atoms with Crippen LogP contribution in [0.15, 0.2) is 36.4 Å². The molecular formula is C27H36ClN5O7S. The number of hydrogen-bond acceptors (Lipinski definition) is 7. The van der Waals surface area contributed by atoms with Gasteiger partial charge in [-0.2, -0.15) is 4.31 Å². The lowest BCUT2D eigenvalue weighted by atomic mass is 9.92. The monoisotopic (exact) mass is 609 g/mol. The molecule has 14 heteroatoms. The molecule has 1 aromatic carbocycles. The number of benzene rings is 1. The van der Waals surface area contributed by atoms with E-state index < -0.39 is 56.3 Å². The number of nitrogens with zero attached hydrogens (tertiary/aromatic N) is 2. The lowest BCUT2D eigenvalue weighted by Crippen LogP contribution is -2.68. The summed E-state index contributed by atoms with van der Waals surface area (Å²) in [5, 5.41) is 3.16. The Labute approximate surface area is 244 Å². The van der Waals surface area contributed by atoms with Crippen molar-refractivity contribution in [2.75, 3.05) is 13.6 Å². The van der Waals surface area contributed by atoms with Gasteiger partial charge < -0.3 is 26.4 Å². The maximum atomic E-state index is 14.0. The third-order valence-electron chi connectivity index (χ3n) is 8.15. The second kappa shape index (κ2) is 12.0. The molecule has 4 rings (SSSR count). The minimum absolute atomic E-state index is 0.00658. The maximum absolute atomic E-state index is 14.0. The van der Waals surface area contributed by atoms with E-state index in [0.717, 1.165) is 15.6 Å². The first kappa shape index (κ1) is 30.8. The minimum Gasteiger partial charge on any atom is -0.436 e. The van der Waals surface area contributed by atoms with Crippen LogP contribution in [0.2, 0.25) is 5.02 Å². The number of allylic oxidation sites excluding steroid dienone is 1. The molecule has 1 saturated heterocycles. The Bertz CT molecular complexity index is 1340. The van der Waals surface area contributed by atoms with Crippen LogP contribution in [0.4, 0.5) is 4.79 Å². The highest BCUT2D eigenvalue weighted by Gasteiger charge is 2.67. The Balaban J connectivity index is 1.72. The van der Waals surface area contributed by atoms with Crippen LogP contribution in [0.1, 0.15) is 56.9 Å². The number of ether oxygens (including phenoxy) is 1. The highest BCUT2D eigenvalue weighted by molar-refractivity contribution is 7.90. The summed E-state index contributed by atoms with van der Waals surface area (Å²) in [5.74, 6) is -3.41. The Morgan fingerprint density at radius 2 is 1.85 bits per heavy atom. The Morgan fingerprint density at radius 1 is 1.15 bits per heavy atom. The second-order valence-corrected chi connectivity index (χ2v) is 13.6. The molecule has 4 atom stereocenters. The van der Waals surface area contributed by atoms with E-state index in [0.29, 0.717) is 29.8 Å². The van der Waals surface area contributed by atoms with Gasteiger partial charge in [0, 0.05) is 31.1 Å². The van der Waals surface area contributed by atoms with Crippen LogP contribution < -0.4 is 16.8 Å². The summed E-state index contributed by atoms with van der Waals surface area (Å²) < 4.78 is 34.3. The normalized spacial score (nSPS) is 29.1. The van der Waals surface area contributed by atoms with Gasteiger partial charge in [-0.15, -0.1) is 0 Å². The van der Waals surface area contributed by atoms with Crippen LogP contribution in [0, 0.1) is 5.92 Å². The molecule has 4 unspecified atom stereocenters. The van der Waals surface area contributed by atoms with Crippen molar-refractivity contribution in [1.29, 1.82) is 0 Å². The molecule has 2 aliphatic heterocycles. The number of fused-ring (bicyclic) bond motifs is 2. The van der Waals surface area contributed by atoms with Crippen molar-refractivity contribution in [1.82, 2.24) is 14.5 Å². The number of rotatable bonds is 6. The highest BCUT2D eigenvalue weighted by atomic mass is 35.5. The lowest BCUT2D eigenvalue weighted by molar-refractivity contribution is -0.157. The van der Waals surface area contributed by atoms with E-state index in [2.05, 4.69) is 5.32 Å². The van der Waals surface area contributed by atoms with Crippen LogP contribution in [0.3, 0.4) is 0 Å². The number of primary amides is 2. The van der Waals surface area contributed by atoms with Gasteiger partial charge in [-0.1, -0.05) is 42.3 Å². The van der Waals surface area contributed by atoms with Crippen molar-refractivity contribution in [2.45, 2.75) is 74.4 Å². The zero-order valence-electron chi connectivity index (χ0n) is 22.9. The first-order valence-electron chi connectivity index (χ1n) is 13.6. The van der Waals surface area contributed by atoms with E-state index in [4.69, 9.17) is 27.8 Å². The lowest BCUT2D eigenvalue weighted by Gasteiger charge is -2.37. The number of halogens is 1. The molecule has 224 valence electrons. The first-order valence-corrected chi connectivity index (χ1v) is 15.4. The molecule has 4 amide bonds. The molecule has 12 nitrogen and oxygen atoms in total. The molecule has 41 heavy (non-hydrogen) atoms. The number of carbonyl (C=O) groups is 4. The zero-order valence-corrected chi connectivity index (χ0v) is 24.5. The molecule has 2 fully saturated rings. The van der Waals surface area contributed by atoms with Gasteiger partial charge in [0.1, 0.15) is 0 Å². The number of nitrogens with two attached hydrogens (primary N) is 2. The number of amides is 4. The molecule has 5 N–H and O–H groups in total. The van der Waals surface area contributed by atoms with Crippen molar-refractivity contribution >= 4 is 45.4 Å². The average molecular weight is 610 g/mol. The number of carbonyl (C=O) groups excluding carboxylic acids is 4. The Kier molecular flexibility index (Phi) is 9.00. The standard InChI is InChI=1S/C27H36ClN5O7S/c1-32(17-18-10-12-20(28)13-11-18)41(38,39)27-16-19(27)8-5-3-2-4-6-9-21(40-25(30)37)22(34)33-15-7-14-26(33,23(29)35)24(36)31-27/h5,8,10-13,19,21H,2-4,6-7,9,14-17H2,1H3,(H2,29,35)(H2,30,37)(H,31,36). The predicted molar refractivity (Wildman–Crippen MR) is 150 cm³/mol. The topological polar surface area (TPSA) is 182 Å². The van der Waals surface area contributed by atoms with E-state index >= 15 is 0 Å². The van der Waals surface area contributed by atoms with E-state index in [1.807, 2.05) is 6.08 Å². The summed E-state index contributed by atoms with van der Waals surface area (Å²) in [6, 6.07) is 6.73. The highest BCUT2D eigenvalue weighted by Crippen LogP contribution is 2.51. The molecule has 2 heterocycles. The van der Waals surface area contributed by atoms with Crippen LogP contribution in [0.25, 0.3) is 0 Å². The molecule has 1 aliphatic carbocycles. The second-order valence-electron chi connectivity index (χ2n) is 10.9. The van der Waals surface area contributed by atoms with Crippen molar-refractivity contribution in [3.8, 4) is 0 Å². The fraction of sp³-hybridized carbons (Fsp3) is 0.556. The summed E-state index contributed by atoms with van der Waals surface area (Å²) in [5.41, 5.74) is 9.52. The molecular weight excluding hydrogens is 574 g/mol. The van der Waals surface area contributed by atoms with Gasteiger partial charge in [0.05, 0.1) is 0 Å². The van der Waals surface area contributed by atoms with Crippen molar-refractivity contribution in [3.05, 3.63) is 47.0 Å². The van der Waals surface area contributed by atoms with Crippen LogP contribution in [0.5, 0.6) is 0 Å². The molecule has 1 aromatic rings. The average Bonchev–Trinajstić information content (AvgIpc) is 3.42. The molecule has 0 aromatic heterocycles. The smallest absolute Gasteiger partial charge is 0.405 e. The third-order valence-corrected chi connectivity index (χ3v) is 10.8.